The molecule has 0 aromatic heterocycles. The summed E-state index contributed by atoms with van der Waals surface area (Å²) in [6.45, 7) is 6.19. The molecule has 3 nitrogen and oxygen atoms in total. The quantitative estimate of drug-likeness (QED) is 0.331. The third-order valence-electron chi connectivity index (χ3n) is 4.42. The Morgan fingerprint density at radius 2 is 1.55 bits per heavy atom. The van der Waals surface area contributed by atoms with Crippen LogP contribution in [-0.4, -0.2) is 24.5 Å². The van der Waals surface area contributed by atoms with Gasteiger partial charge in [-0.2, -0.15) is 13.2 Å². The van der Waals surface area contributed by atoms with Crippen LogP contribution in [0.4, 0.5) is 22.0 Å². The molecule has 2 rings (SSSR count). The zero-order valence-electron chi connectivity index (χ0n) is 15.8. The summed E-state index contributed by atoms with van der Waals surface area (Å²) in [5, 5.41) is 0. The Morgan fingerprint density at radius 1 is 1.03 bits per heavy atom. The van der Waals surface area contributed by atoms with Gasteiger partial charge in [0.05, 0.1) is 17.5 Å². The number of aliphatic imine (C=N–C) groups is 1. The number of alkyl halides is 3. The van der Waals surface area contributed by atoms with Crippen molar-refractivity contribution in [2.45, 2.75) is 39.3 Å². The first-order chi connectivity index (χ1) is 13.5. The molecule has 0 spiro atoms. The average Bonchev–Trinajstić information content (AvgIpc) is 2.62. The van der Waals surface area contributed by atoms with Crippen molar-refractivity contribution in [1.82, 2.24) is 0 Å². The molecule has 1 aliphatic carbocycles. The third kappa shape index (κ3) is 4.93. The molecule has 0 heterocycles. The highest BCUT2D eigenvalue weighted by Crippen LogP contribution is 2.34. The van der Waals surface area contributed by atoms with E-state index in [1.807, 2.05) is 0 Å². The highest BCUT2D eigenvalue weighted by atomic mass is 19.4. The van der Waals surface area contributed by atoms with E-state index in [0.29, 0.717) is 0 Å². The number of ketones is 2. The molecule has 0 amide bonds. The molecule has 0 atom stereocenters. The number of benzene rings is 1. The number of hydrogen-bond donors (Lipinski definition) is 0. The van der Waals surface area contributed by atoms with Crippen molar-refractivity contribution in [3.63, 3.8) is 0 Å². The number of hydrogen-bond acceptors (Lipinski definition) is 3. The van der Waals surface area contributed by atoms with Crippen LogP contribution in [0, 0.1) is 11.6 Å². The summed E-state index contributed by atoms with van der Waals surface area (Å²) in [4.78, 5) is 29.2. The lowest BCUT2D eigenvalue weighted by Gasteiger charge is -2.21. The molecule has 29 heavy (non-hydrogen) atoms. The predicted octanol–water partition coefficient (Wildman–Crippen LogP) is 5.92. The summed E-state index contributed by atoms with van der Waals surface area (Å²) in [6.07, 6.45) is -3.21. The Bertz CT molecular complexity index is 968. The number of rotatable bonds is 6. The molecule has 1 aromatic carbocycles. The minimum Gasteiger partial charge on any atom is -0.289 e. The summed E-state index contributed by atoms with van der Waals surface area (Å²) < 4.78 is 65.6. The normalized spacial score (nSPS) is 15.7. The van der Waals surface area contributed by atoms with Gasteiger partial charge in [-0.3, -0.25) is 14.6 Å². The van der Waals surface area contributed by atoms with Crippen molar-refractivity contribution in [3.8, 4) is 0 Å². The minimum absolute atomic E-state index is 0.00727. The van der Waals surface area contributed by atoms with Gasteiger partial charge in [0.25, 0.3) is 0 Å². The fourth-order valence-electron chi connectivity index (χ4n) is 3.09. The van der Waals surface area contributed by atoms with E-state index in [2.05, 4.69) is 11.7 Å². The fraction of sp³-hybridized carbons (Fsp3) is 0.286. The largest absolute Gasteiger partial charge is 0.392 e. The first kappa shape index (κ1) is 22.4. The van der Waals surface area contributed by atoms with Crippen LogP contribution in [0.15, 0.2) is 51.7 Å². The van der Waals surface area contributed by atoms with Crippen LogP contribution in [0.1, 0.15) is 53.8 Å². The first-order valence-electron chi connectivity index (χ1n) is 8.69. The minimum atomic E-state index is -4.37. The van der Waals surface area contributed by atoms with E-state index < -0.39 is 46.9 Å². The van der Waals surface area contributed by atoms with E-state index in [1.54, 1.807) is 6.92 Å². The summed E-state index contributed by atoms with van der Waals surface area (Å²) in [5.74, 6) is -3.65. The maximum Gasteiger partial charge on any atom is 0.392 e. The number of allylic oxidation sites excluding steroid dienone is 5. The van der Waals surface area contributed by atoms with Gasteiger partial charge in [0.1, 0.15) is 11.6 Å². The van der Waals surface area contributed by atoms with Gasteiger partial charge in [-0.15, -0.1) is 0 Å². The summed E-state index contributed by atoms with van der Waals surface area (Å²) in [6, 6.07) is 1.54. The van der Waals surface area contributed by atoms with Gasteiger partial charge in [0.15, 0.2) is 11.6 Å². The van der Waals surface area contributed by atoms with Crippen LogP contribution in [0.5, 0.6) is 0 Å². The van der Waals surface area contributed by atoms with Gasteiger partial charge in [-0.05, 0) is 38.3 Å². The van der Waals surface area contributed by atoms with E-state index in [0.717, 1.165) is 12.1 Å². The summed E-state index contributed by atoms with van der Waals surface area (Å²) >= 11 is 0. The van der Waals surface area contributed by atoms with Crippen molar-refractivity contribution in [1.29, 1.82) is 0 Å². The zero-order valence-corrected chi connectivity index (χ0v) is 15.8. The fourth-order valence-corrected chi connectivity index (χ4v) is 3.09. The molecule has 0 fully saturated rings. The molecule has 1 aromatic rings. The standard InChI is InChI=1S/C21H18F5NO2/c1-4-13-14(9-12(27-3)6-5-11(2)10-21(24,25)26)20(29)18-16(23)8-7-15(22)17(18)19(13)28/h5-8H,3-4,9-10H2,1-2H3/b11-5+,12-6-. The molecule has 0 unspecified atom stereocenters. The summed E-state index contributed by atoms with van der Waals surface area (Å²) in [5.41, 5.74) is -1.18. The van der Waals surface area contributed by atoms with E-state index in [-0.39, 0.29) is 35.3 Å². The molecular formula is C21H18F5NO2. The zero-order chi connectivity index (χ0) is 21.9. The van der Waals surface area contributed by atoms with Gasteiger partial charge >= 0.3 is 6.18 Å². The van der Waals surface area contributed by atoms with E-state index >= 15 is 0 Å². The van der Waals surface area contributed by atoms with Gasteiger partial charge in [0, 0.05) is 23.3 Å². The molecule has 0 N–H and O–H groups in total. The molecule has 0 radical (unpaired) electrons. The average molecular weight is 411 g/mol. The number of carbonyl (C=O) groups is 2. The van der Waals surface area contributed by atoms with Crippen LogP contribution in [0.2, 0.25) is 0 Å². The van der Waals surface area contributed by atoms with Crippen LogP contribution >= 0.6 is 0 Å². The number of halogens is 5. The second-order valence-corrected chi connectivity index (χ2v) is 6.55. The molecule has 1 aliphatic rings. The Kier molecular flexibility index (Phi) is 6.66. The second kappa shape index (κ2) is 8.63. The van der Waals surface area contributed by atoms with Crippen LogP contribution in [0.3, 0.4) is 0 Å². The molecule has 0 bridgehead atoms. The van der Waals surface area contributed by atoms with Crippen LogP contribution in [-0.2, 0) is 0 Å². The number of carbonyl (C=O) groups excluding carboxylic acids is 2. The van der Waals surface area contributed by atoms with Crippen molar-refractivity contribution in [2.24, 2.45) is 4.99 Å². The topological polar surface area (TPSA) is 46.5 Å². The Labute approximate surface area is 164 Å². The molecule has 154 valence electrons. The molecule has 0 saturated heterocycles. The second-order valence-electron chi connectivity index (χ2n) is 6.55. The van der Waals surface area contributed by atoms with Gasteiger partial charge in [-0.25, -0.2) is 8.78 Å². The number of Topliss-reactive ketones (excluding diaryl/α,β-unsaturated/α-hetero) is 2. The first-order valence-corrected chi connectivity index (χ1v) is 8.69. The number of nitrogens with zero attached hydrogens (tertiary/aromatic N) is 1. The summed E-state index contributed by atoms with van der Waals surface area (Å²) in [7, 11) is 0. The lowest BCUT2D eigenvalue weighted by molar-refractivity contribution is -0.127. The molecule has 8 heteroatoms. The Balaban J connectivity index is 2.47. The third-order valence-corrected chi connectivity index (χ3v) is 4.42. The van der Waals surface area contributed by atoms with Crippen LogP contribution < -0.4 is 0 Å². The molecular weight excluding hydrogens is 393 g/mol. The van der Waals surface area contributed by atoms with Crippen molar-refractivity contribution in [2.75, 3.05) is 0 Å². The van der Waals surface area contributed by atoms with Gasteiger partial charge in [-0.1, -0.05) is 18.6 Å². The maximum atomic E-state index is 14.2. The van der Waals surface area contributed by atoms with E-state index in [4.69, 9.17) is 0 Å². The Morgan fingerprint density at radius 3 is 2.00 bits per heavy atom. The molecule has 0 aliphatic heterocycles. The van der Waals surface area contributed by atoms with Gasteiger partial charge in [0.2, 0.25) is 0 Å². The van der Waals surface area contributed by atoms with Crippen molar-refractivity contribution >= 4 is 18.3 Å². The number of fused-ring (bicyclic) bond motifs is 1. The van der Waals surface area contributed by atoms with E-state index in [9.17, 15) is 31.5 Å². The van der Waals surface area contributed by atoms with Crippen molar-refractivity contribution < 1.29 is 31.5 Å². The lowest BCUT2D eigenvalue weighted by atomic mass is 9.80. The highest BCUT2D eigenvalue weighted by Gasteiger charge is 2.36. The van der Waals surface area contributed by atoms with Crippen LogP contribution in [0.25, 0.3) is 0 Å². The van der Waals surface area contributed by atoms with Gasteiger partial charge < -0.3 is 0 Å². The monoisotopic (exact) mass is 411 g/mol. The van der Waals surface area contributed by atoms with Crippen molar-refractivity contribution in [3.05, 3.63) is 69.5 Å². The SMILES string of the molecule is C=N/C(=C\C=C(/C)CC(F)(F)F)CC1=C(CC)C(=O)c2c(F)ccc(F)c2C1=O. The maximum absolute atomic E-state index is 14.2. The lowest BCUT2D eigenvalue weighted by Crippen LogP contribution is -2.25. The van der Waals surface area contributed by atoms with E-state index in [1.165, 1.54) is 19.1 Å². The predicted molar refractivity (Wildman–Crippen MR) is 99.0 cm³/mol. The smallest absolute Gasteiger partial charge is 0.289 e. The Hall–Kier alpha value is -2.90. The molecule has 0 saturated carbocycles. The highest BCUT2D eigenvalue weighted by molar-refractivity contribution is 6.27.